The predicted octanol–water partition coefficient (Wildman–Crippen LogP) is 5.72. The van der Waals surface area contributed by atoms with Crippen molar-refractivity contribution in [3.63, 3.8) is 0 Å². The number of nitrogens with one attached hydrogen (secondary N) is 1. The number of anilines is 1. The minimum Gasteiger partial charge on any atom is -0.454 e. The zero-order valence-corrected chi connectivity index (χ0v) is 18.1. The van der Waals surface area contributed by atoms with E-state index in [-0.39, 0.29) is 0 Å². The summed E-state index contributed by atoms with van der Waals surface area (Å²) in [6.45, 7) is 4.38. The maximum atomic E-state index is 5.61. The number of thioether (sulfide) groups is 1. The Hall–Kier alpha value is -2.60. The van der Waals surface area contributed by atoms with E-state index < -0.39 is 0 Å². The second kappa shape index (κ2) is 8.64. The van der Waals surface area contributed by atoms with Crippen LogP contribution in [0, 0.1) is 0 Å². The van der Waals surface area contributed by atoms with E-state index in [2.05, 4.69) is 58.2 Å². The molecule has 5 nitrogen and oxygen atoms in total. The van der Waals surface area contributed by atoms with Gasteiger partial charge in [-0.1, -0.05) is 31.5 Å². The molecule has 0 radical (unpaired) electrons. The molecule has 5 rings (SSSR count). The monoisotopic (exact) mass is 421 g/mol. The number of unbranched alkanes of at least 4 members (excludes halogenated alkanes) is 1. The molecule has 0 aliphatic carbocycles. The highest BCUT2D eigenvalue weighted by Gasteiger charge is 2.25. The lowest BCUT2D eigenvalue weighted by Crippen LogP contribution is -2.24. The van der Waals surface area contributed by atoms with Gasteiger partial charge in [-0.2, -0.15) is 0 Å². The maximum Gasteiger partial charge on any atom is 0.231 e. The van der Waals surface area contributed by atoms with Gasteiger partial charge in [0.2, 0.25) is 6.79 Å². The molecule has 1 aromatic heterocycles. The summed E-state index contributed by atoms with van der Waals surface area (Å²) in [6.07, 6.45) is 6.45. The molecule has 0 unspecified atom stereocenters. The third kappa shape index (κ3) is 4.01. The van der Waals surface area contributed by atoms with Crippen LogP contribution in [0.3, 0.4) is 0 Å². The fraction of sp³-hybridized carbons (Fsp3) is 0.375. The van der Waals surface area contributed by atoms with Crippen molar-refractivity contribution in [1.82, 2.24) is 9.97 Å². The summed E-state index contributed by atoms with van der Waals surface area (Å²) in [5.41, 5.74) is 3.78. The number of para-hydroxylation sites is 1. The van der Waals surface area contributed by atoms with Crippen LogP contribution in [-0.4, -0.2) is 23.3 Å². The van der Waals surface area contributed by atoms with Crippen LogP contribution in [0.2, 0.25) is 0 Å². The Kier molecular flexibility index (Phi) is 5.58. The summed E-state index contributed by atoms with van der Waals surface area (Å²) >= 11 is 1.94. The number of rotatable bonds is 6. The molecule has 1 N–H and O–H groups in total. The number of fused-ring (bicyclic) bond motifs is 2. The first-order chi connectivity index (χ1) is 14.8. The summed E-state index contributed by atoms with van der Waals surface area (Å²) in [6, 6.07) is 15.1. The molecule has 0 bridgehead atoms. The number of aromatic amines is 1. The molecule has 156 valence electrons. The second-order valence-corrected chi connectivity index (χ2v) is 9.10. The number of hydrogen-bond donors (Lipinski definition) is 1. The number of aromatic nitrogens is 2. The highest BCUT2D eigenvalue weighted by atomic mass is 32.2. The van der Waals surface area contributed by atoms with Gasteiger partial charge in [0.05, 0.1) is 24.1 Å². The van der Waals surface area contributed by atoms with Crippen LogP contribution in [0.5, 0.6) is 11.5 Å². The Morgan fingerprint density at radius 1 is 1.17 bits per heavy atom. The highest BCUT2D eigenvalue weighted by Crippen LogP contribution is 2.47. The molecule has 0 amide bonds. The summed E-state index contributed by atoms with van der Waals surface area (Å²) in [5.74, 6) is 2.81. The first-order valence-electron chi connectivity index (χ1n) is 10.7. The number of aryl methyl sites for hydroxylation is 1. The molecule has 2 aliphatic heterocycles. The fourth-order valence-corrected chi connectivity index (χ4v) is 5.39. The SMILES string of the molecule is CCCCc1ncc(CN2CC[C@H](c3ccc4c(c3)OCO4)Sc3ccccc32)[nH]1. The fourth-order valence-electron chi connectivity index (χ4n) is 4.10. The zero-order valence-electron chi connectivity index (χ0n) is 17.3. The van der Waals surface area contributed by atoms with Crippen molar-refractivity contribution in [3.8, 4) is 11.5 Å². The normalized spacial score (nSPS) is 17.6. The van der Waals surface area contributed by atoms with E-state index in [1.54, 1.807) is 0 Å². The van der Waals surface area contributed by atoms with E-state index in [1.165, 1.54) is 34.7 Å². The van der Waals surface area contributed by atoms with Gasteiger partial charge in [0.25, 0.3) is 0 Å². The molecule has 0 saturated heterocycles. The molecule has 1 atom stereocenters. The van der Waals surface area contributed by atoms with Crippen LogP contribution in [0.1, 0.15) is 48.5 Å². The van der Waals surface area contributed by atoms with E-state index in [0.29, 0.717) is 12.0 Å². The molecule has 3 aromatic rings. The lowest BCUT2D eigenvalue weighted by Gasteiger charge is -2.23. The van der Waals surface area contributed by atoms with E-state index in [9.17, 15) is 0 Å². The van der Waals surface area contributed by atoms with Gasteiger partial charge in [-0.15, -0.1) is 11.8 Å². The number of hydrogen-bond acceptors (Lipinski definition) is 5. The third-order valence-electron chi connectivity index (χ3n) is 5.71. The van der Waals surface area contributed by atoms with Gasteiger partial charge in [-0.25, -0.2) is 4.98 Å². The first-order valence-corrected chi connectivity index (χ1v) is 11.6. The highest BCUT2D eigenvalue weighted by molar-refractivity contribution is 7.99. The average molecular weight is 422 g/mol. The molecule has 0 spiro atoms. The topological polar surface area (TPSA) is 50.4 Å². The Morgan fingerprint density at radius 2 is 2.07 bits per heavy atom. The Labute approximate surface area is 181 Å². The average Bonchev–Trinajstić information content (AvgIpc) is 3.39. The largest absolute Gasteiger partial charge is 0.454 e. The summed E-state index contributed by atoms with van der Waals surface area (Å²) < 4.78 is 11.1. The van der Waals surface area contributed by atoms with Crippen molar-refractivity contribution < 1.29 is 9.47 Å². The Balaban J connectivity index is 1.37. The first kappa shape index (κ1) is 19.4. The summed E-state index contributed by atoms with van der Waals surface area (Å²) in [7, 11) is 0. The van der Waals surface area contributed by atoms with E-state index >= 15 is 0 Å². The molecular weight excluding hydrogens is 394 g/mol. The summed E-state index contributed by atoms with van der Waals surface area (Å²) in [4.78, 5) is 11.9. The van der Waals surface area contributed by atoms with Gasteiger partial charge in [-0.3, -0.25) is 0 Å². The quantitative estimate of drug-likeness (QED) is 0.551. The van der Waals surface area contributed by atoms with Crippen molar-refractivity contribution in [2.45, 2.75) is 49.3 Å². The Bertz CT molecular complexity index is 1020. The molecule has 0 saturated carbocycles. The standard InChI is InChI=1S/C24H27N3O2S/c1-2-3-8-24-25-14-18(26-24)15-27-12-11-22(30-23-7-5-4-6-19(23)27)17-9-10-20-21(13-17)29-16-28-20/h4-7,9-10,13-14,22H,2-3,8,11-12,15-16H2,1H3,(H,25,26)/t22-/m1/s1. The van der Waals surface area contributed by atoms with Crippen molar-refractivity contribution >= 4 is 17.4 Å². The van der Waals surface area contributed by atoms with Crippen LogP contribution in [0.15, 0.2) is 53.6 Å². The smallest absolute Gasteiger partial charge is 0.231 e. The number of imidazole rings is 1. The number of ether oxygens (including phenoxy) is 2. The molecule has 3 heterocycles. The van der Waals surface area contributed by atoms with Gasteiger partial charge >= 0.3 is 0 Å². The van der Waals surface area contributed by atoms with E-state index in [0.717, 1.165) is 43.3 Å². The lowest BCUT2D eigenvalue weighted by molar-refractivity contribution is 0.174. The van der Waals surface area contributed by atoms with Crippen LogP contribution in [0.4, 0.5) is 5.69 Å². The molecule has 6 heteroatoms. The van der Waals surface area contributed by atoms with E-state index in [1.807, 2.05) is 24.0 Å². The van der Waals surface area contributed by atoms with Gasteiger partial charge in [0.1, 0.15) is 5.82 Å². The van der Waals surface area contributed by atoms with Gasteiger partial charge in [0.15, 0.2) is 11.5 Å². The molecule has 2 aliphatic rings. The maximum absolute atomic E-state index is 5.61. The van der Waals surface area contributed by atoms with Crippen LogP contribution in [0.25, 0.3) is 0 Å². The minimum absolute atomic E-state index is 0.317. The van der Waals surface area contributed by atoms with Crippen LogP contribution in [-0.2, 0) is 13.0 Å². The van der Waals surface area contributed by atoms with Gasteiger partial charge < -0.3 is 19.4 Å². The van der Waals surface area contributed by atoms with Crippen molar-refractivity contribution in [2.24, 2.45) is 0 Å². The lowest BCUT2D eigenvalue weighted by atomic mass is 10.1. The predicted molar refractivity (Wildman–Crippen MR) is 120 cm³/mol. The van der Waals surface area contributed by atoms with E-state index in [4.69, 9.17) is 9.47 Å². The van der Waals surface area contributed by atoms with Crippen molar-refractivity contribution in [1.29, 1.82) is 0 Å². The van der Waals surface area contributed by atoms with Gasteiger partial charge in [0, 0.05) is 23.1 Å². The molecule has 30 heavy (non-hydrogen) atoms. The number of nitrogens with zero attached hydrogens (tertiary/aromatic N) is 2. The zero-order chi connectivity index (χ0) is 20.3. The van der Waals surface area contributed by atoms with Crippen LogP contribution < -0.4 is 14.4 Å². The van der Waals surface area contributed by atoms with Crippen molar-refractivity contribution in [2.75, 3.05) is 18.2 Å². The van der Waals surface area contributed by atoms with Crippen molar-refractivity contribution in [3.05, 3.63) is 65.7 Å². The molecule has 0 fully saturated rings. The van der Waals surface area contributed by atoms with Gasteiger partial charge in [-0.05, 0) is 42.7 Å². The number of H-pyrrole nitrogens is 1. The minimum atomic E-state index is 0.317. The molecular formula is C24H27N3O2S. The number of benzene rings is 2. The Morgan fingerprint density at radius 3 is 3.00 bits per heavy atom. The summed E-state index contributed by atoms with van der Waals surface area (Å²) in [5, 5.41) is 0.382. The molecule has 2 aromatic carbocycles. The third-order valence-corrected chi connectivity index (χ3v) is 7.11. The second-order valence-electron chi connectivity index (χ2n) is 7.86. The van der Waals surface area contributed by atoms with Crippen LogP contribution >= 0.6 is 11.8 Å².